The second-order valence-corrected chi connectivity index (χ2v) is 7.29. The van der Waals surface area contributed by atoms with Gasteiger partial charge in [-0.3, -0.25) is 10.1 Å². The summed E-state index contributed by atoms with van der Waals surface area (Å²) in [6, 6.07) is 0.0184. The monoisotopic (exact) mass is 281 g/mol. The van der Waals surface area contributed by atoms with Gasteiger partial charge in [-0.2, -0.15) is 0 Å². The lowest BCUT2D eigenvalue weighted by atomic mass is 9.80. The summed E-state index contributed by atoms with van der Waals surface area (Å²) < 4.78 is 0. The Kier molecular flexibility index (Phi) is 4.75. The fourth-order valence-electron chi connectivity index (χ4n) is 3.38. The van der Waals surface area contributed by atoms with Crippen molar-refractivity contribution < 1.29 is 4.79 Å². The largest absolute Gasteiger partial charge is 0.326 e. The van der Waals surface area contributed by atoms with Crippen LogP contribution in [0.15, 0.2) is 0 Å². The SMILES string of the molecule is CCC(C)C1NC(C)N(CC2(C)CCN(C)CC2)C1=O. The predicted octanol–water partition coefficient (Wildman–Crippen LogP) is 1.91. The zero-order valence-electron chi connectivity index (χ0n) is 13.8. The third-order valence-electron chi connectivity index (χ3n) is 5.40. The normalized spacial score (nSPS) is 32.6. The molecule has 0 aromatic heterocycles. The van der Waals surface area contributed by atoms with Crippen LogP contribution in [0.1, 0.15) is 47.0 Å². The number of nitrogens with zero attached hydrogens (tertiary/aromatic N) is 2. The lowest BCUT2D eigenvalue weighted by Crippen LogP contribution is -2.47. The number of amides is 1. The number of rotatable bonds is 4. The van der Waals surface area contributed by atoms with Crippen LogP contribution in [0.3, 0.4) is 0 Å². The van der Waals surface area contributed by atoms with Crippen molar-refractivity contribution in [3.63, 3.8) is 0 Å². The highest BCUT2D eigenvalue weighted by atomic mass is 16.2. The molecule has 1 N–H and O–H groups in total. The molecule has 0 aliphatic carbocycles. The van der Waals surface area contributed by atoms with Crippen LogP contribution in [-0.2, 0) is 4.79 Å². The first-order valence-electron chi connectivity index (χ1n) is 8.11. The minimum absolute atomic E-state index is 0.0184. The third-order valence-corrected chi connectivity index (χ3v) is 5.40. The van der Waals surface area contributed by atoms with Gasteiger partial charge in [0.25, 0.3) is 0 Å². The van der Waals surface area contributed by atoms with Gasteiger partial charge in [-0.15, -0.1) is 0 Å². The summed E-state index contributed by atoms with van der Waals surface area (Å²) in [5, 5.41) is 3.49. The second kappa shape index (κ2) is 6.02. The van der Waals surface area contributed by atoms with Crippen molar-refractivity contribution in [3.8, 4) is 0 Å². The van der Waals surface area contributed by atoms with Gasteiger partial charge in [-0.1, -0.05) is 27.2 Å². The van der Waals surface area contributed by atoms with Crippen molar-refractivity contribution in [2.24, 2.45) is 11.3 Å². The van der Waals surface area contributed by atoms with Crippen molar-refractivity contribution in [3.05, 3.63) is 0 Å². The quantitative estimate of drug-likeness (QED) is 0.855. The summed E-state index contributed by atoms with van der Waals surface area (Å²) in [6.45, 7) is 12.0. The van der Waals surface area contributed by atoms with E-state index < -0.39 is 0 Å². The Morgan fingerprint density at radius 1 is 1.40 bits per heavy atom. The average molecular weight is 281 g/mol. The van der Waals surface area contributed by atoms with E-state index in [0.717, 1.165) is 26.1 Å². The van der Waals surface area contributed by atoms with E-state index in [9.17, 15) is 4.79 Å². The first-order chi connectivity index (χ1) is 9.36. The molecule has 2 rings (SSSR count). The van der Waals surface area contributed by atoms with Crippen molar-refractivity contribution in [2.75, 3.05) is 26.7 Å². The zero-order valence-corrected chi connectivity index (χ0v) is 13.8. The number of piperidine rings is 1. The highest BCUT2D eigenvalue weighted by Crippen LogP contribution is 2.33. The van der Waals surface area contributed by atoms with Gasteiger partial charge in [0.1, 0.15) is 0 Å². The molecule has 0 saturated carbocycles. The molecule has 2 saturated heterocycles. The molecule has 3 unspecified atom stereocenters. The molecule has 3 atom stereocenters. The van der Waals surface area contributed by atoms with E-state index in [1.165, 1.54) is 12.8 Å². The number of hydrogen-bond donors (Lipinski definition) is 1. The molecule has 20 heavy (non-hydrogen) atoms. The average Bonchev–Trinajstić information content (AvgIpc) is 2.69. The highest BCUT2D eigenvalue weighted by Gasteiger charge is 2.42. The van der Waals surface area contributed by atoms with Gasteiger partial charge in [0.15, 0.2) is 0 Å². The van der Waals surface area contributed by atoms with E-state index in [-0.39, 0.29) is 17.6 Å². The molecule has 0 radical (unpaired) electrons. The Bertz CT molecular complexity index is 350. The van der Waals surface area contributed by atoms with E-state index in [1.807, 2.05) is 0 Å². The summed E-state index contributed by atoms with van der Waals surface area (Å²) >= 11 is 0. The molecule has 2 aliphatic rings. The molecular formula is C16H31N3O. The number of likely N-dealkylation sites (tertiary alicyclic amines) is 1. The molecule has 4 nitrogen and oxygen atoms in total. The third kappa shape index (κ3) is 3.17. The van der Waals surface area contributed by atoms with Gasteiger partial charge in [-0.05, 0) is 51.2 Å². The Balaban J connectivity index is 2.00. The first kappa shape index (κ1) is 15.8. The second-order valence-electron chi connectivity index (χ2n) is 7.29. The molecule has 1 amide bonds. The van der Waals surface area contributed by atoms with Crippen molar-refractivity contribution in [1.29, 1.82) is 0 Å². The molecule has 0 bridgehead atoms. The van der Waals surface area contributed by atoms with Crippen LogP contribution in [0, 0.1) is 11.3 Å². The number of carbonyl (C=O) groups excluding carboxylic acids is 1. The Hall–Kier alpha value is -0.610. The molecule has 0 aromatic rings. The molecule has 0 spiro atoms. The zero-order chi connectivity index (χ0) is 14.9. The topological polar surface area (TPSA) is 35.6 Å². The van der Waals surface area contributed by atoms with E-state index in [1.54, 1.807) is 0 Å². The maximum atomic E-state index is 12.6. The van der Waals surface area contributed by atoms with E-state index in [4.69, 9.17) is 0 Å². The predicted molar refractivity (Wildman–Crippen MR) is 82.4 cm³/mol. The highest BCUT2D eigenvalue weighted by molar-refractivity contribution is 5.84. The minimum Gasteiger partial charge on any atom is -0.326 e. The fourth-order valence-corrected chi connectivity index (χ4v) is 3.38. The van der Waals surface area contributed by atoms with Crippen molar-refractivity contribution >= 4 is 5.91 Å². The summed E-state index contributed by atoms with van der Waals surface area (Å²) in [6.07, 6.45) is 3.60. The van der Waals surface area contributed by atoms with Crippen LogP contribution in [0.2, 0.25) is 0 Å². The van der Waals surface area contributed by atoms with Gasteiger partial charge in [0, 0.05) is 6.54 Å². The van der Waals surface area contributed by atoms with Gasteiger partial charge in [0.05, 0.1) is 12.2 Å². The van der Waals surface area contributed by atoms with Crippen LogP contribution in [0.4, 0.5) is 0 Å². The minimum atomic E-state index is 0.0184. The lowest BCUT2D eigenvalue weighted by molar-refractivity contribution is -0.132. The van der Waals surface area contributed by atoms with E-state index in [2.05, 4.69) is 49.9 Å². The summed E-state index contributed by atoms with van der Waals surface area (Å²) in [7, 11) is 2.18. The Morgan fingerprint density at radius 2 is 2.00 bits per heavy atom. The van der Waals surface area contributed by atoms with Crippen LogP contribution < -0.4 is 5.32 Å². The molecule has 2 aliphatic heterocycles. The number of hydrogen-bond acceptors (Lipinski definition) is 3. The van der Waals surface area contributed by atoms with Crippen molar-refractivity contribution in [1.82, 2.24) is 15.1 Å². The Morgan fingerprint density at radius 3 is 2.55 bits per heavy atom. The molecular weight excluding hydrogens is 250 g/mol. The van der Waals surface area contributed by atoms with Crippen LogP contribution in [-0.4, -0.2) is 54.6 Å². The summed E-state index contributed by atoms with van der Waals surface area (Å²) in [4.78, 5) is 17.1. The van der Waals surface area contributed by atoms with Crippen LogP contribution in [0.25, 0.3) is 0 Å². The van der Waals surface area contributed by atoms with Gasteiger partial charge < -0.3 is 9.80 Å². The molecule has 2 fully saturated rings. The maximum Gasteiger partial charge on any atom is 0.241 e. The molecule has 4 heteroatoms. The van der Waals surface area contributed by atoms with Crippen LogP contribution >= 0.6 is 0 Å². The number of carbonyl (C=O) groups is 1. The van der Waals surface area contributed by atoms with Gasteiger partial charge in [-0.25, -0.2) is 0 Å². The van der Waals surface area contributed by atoms with Crippen molar-refractivity contribution in [2.45, 2.75) is 59.2 Å². The first-order valence-corrected chi connectivity index (χ1v) is 8.11. The van der Waals surface area contributed by atoms with E-state index in [0.29, 0.717) is 11.8 Å². The molecule has 116 valence electrons. The maximum absolute atomic E-state index is 12.6. The summed E-state index contributed by atoms with van der Waals surface area (Å²) in [5.41, 5.74) is 0.280. The number of nitrogens with one attached hydrogen (secondary N) is 1. The van der Waals surface area contributed by atoms with Gasteiger partial charge in [0.2, 0.25) is 5.91 Å². The van der Waals surface area contributed by atoms with E-state index >= 15 is 0 Å². The van der Waals surface area contributed by atoms with Crippen LogP contribution in [0.5, 0.6) is 0 Å². The Labute approximate surface area is 123 Å². The smallest absolute Gasteiger partial charge is 0.241 e. The molecule has 2 heterocycles. The standard InChI is InChI=1S/C16H31N3O/c1-6-12(2)14-15(20)19(13(3)17-14)11-16(4)7-9-18(5)10-8-16/h12-14,17H,6-11H2,1-5H3. The molecule has 0 aromatic carbocycles. The fraction of sp³-hybridized carbons (Fsp3) is 0.938. The van der Waals surface area contributed by atoms with Gasteiger partial charge >= 0.3 is 0 Å². The summed E-state index contributed by atoms with van der Waals surface area (Å²) in [5.74, 6) is 0.729. The lowest BCUT2D eigenvalue weighted by Gasteiger charge is -2.41.